The Morgan fingerprint density at radius 3 is 2.41 bits per heavy atom. The third-order valence-corrected chi connectivity index (χ3v) is 2.83. The lowest BCUT2D eigenvalue weighted by atomic mass is 10.1. The Balaban J connectivity index is 2.46. The Kier molecular flexibility index (Phi) is 3.10. The molecule has 86 valence electrons. The molecule has 2 rings (SSSR count). The first-order valence-corrected chi connectivity index (χ1v) is 5.55. The highest BCUT2D eigenvalue weighted by atomic mass is 79.9. The predicted molar refractivity (Wildman–Crippen MR) is 66.0 cm³/mol. The van der Waals surface area contributed by atoms with Gasteiger partial charge in [-0.15, -0.1) is 0 Å². The molecule has 0 unspecified atom stereocenters. The minimum atomic E-state index is -1.02. The van der Waals surface area contributed by atoms with E-state index in [-0.39, 0.29) is 11.3 Å². The maximum atomic E-state index is 10.8. The molecule has 1 aromatic heterocycles. The molecule has 0 bridgehead atoms. The van der Waals surface area contributed by atoms with Crippen molar-refractivity contribution in [2.24, 2.45) is 0 Å². The van der Waals surface area contributed by atoms with Crippen LogP contribution in [0.2, 0.25) is 0 Å². The molecule has 17 heavy (non-hydrogen) atoms. The number of carboxylic acid groups (broad SMARTS) is 1. The number of aromatic nitrogens is 1. The van der Waals surface area contributed by atoms with Gasteiger partial charge in [-0.25, -0.2) is 4.79 Å². The summed E-state index contributed by atoms with van der Waals surface area (Å²) in [7, 11) is 0. The first-order chi connectivity index (χ1) is 8.08. The highest BCUT2D eigenvalue weighted by Crippen LogP contribution is 2.27. The summed E-state index contributed by atoms with van der Waals surface area (Å²) in [5.41, 5.74) is 1.56. The van der Waals surface area contributed by atoms with Crippen LogP contribution in [0.4, 0.5) is 0 Å². The van der Waals surface area contributed by atoms with Gasteiger partial charge in [0.1, 0.15) is 5.75 Å². The van der Waals surface area contributed by atoms with E-state index in [1.165, 1.54) is 12.3 Å². The fourth-order valence-electron chi connectivity index (χ4n) is 1.39. The minimum Gasteiger partial charge on any atom is -0.508 e. The van der Waals surface area contributed by atoms with Crippen LogP contribution in [0.3, 0.4) is 0 Å². The molecular weight excluding hydrogens is 286 g/mol. The molecule has 2 aromatic rings. The fraction of sp³-hybridized carbons (Fsp3) is 0. The van der Waals surface area contributed by atoms with Gasteiger partial charge in [0.05, 0.1) is 11.3 Å². The average Bonchev–Trinajstić information content (AvgIpc) is 2.30. The molecule has 1 heterocycles. The fourth-order valence-corrected chi connectivity index (χ4v) is 1.96. The van der Waals surface area contributed by atoms with Crippen LogP contribution in [0.25, 0.3) is 11.3 Å². The van der Waals surface area contributed by atoms with Crippen LogP contribution in [-0.4, -0.2) is 21.2 Å². The lowest BCUT2D eigenvalue weighted by molar-refractivity contribution is 0.0696. The van der Waals surface area contributed by atoms with E-state index in [9.17, 15) is 9.90 Å². The number of hydrogen-bond acceptors (Lipinski definition) is 3. The van der Waals surface area contributed by atoms with Crippen molar-refractivity contribution < 1.29 is 15.0 Å². The first kappa shape index (κ1) is 11.6. The van der Waals surface area contributed by atoms with Crippen molar-refractivity contribution in [2.45, 2.75) is 0 Å². The number of carboxylic acids is 1. The van der Waals surface area contributed by atoms with Crippen molar-refractivity contribution in [3.63, 3.8) is 0 Å². The first-order valence-electron chi connectivity index (χ1n) is 4.76. The molecule has 0 fully saturated rings. The number of phenolic OH excluding ortho intramolecular Hbond substituents is 1. The van der Waals surface area contributed by atoms with Crippen LogP contribution in [0.5, 0.6) is 5.75 Å². The van der Waals surface area contributed by atoms with E-state index >= 15 is 0 Å². The van der Waals surface area contributed by atoms with Crippen molar-refractivity contribution in [1.82, 2.24) is 4.98 Å². The van der Waals surface area contributed by atoms with Gasteiger partial charge in [-0.2, -0.15) is 0 Å². The van der Waals surface area contributed by atoms with Gasteiger partial charge in [0, 0.05) is 16.2 Å². The van der Waals surface area contributed by atoms with E-state index in [0.717, 1.165) is 5.56 Å². The molecule has 0 aliphatic heterocycles. The number of pyridine rings is 1. The average molecular weight is 294 g/mol. The number of hydrogen-bond donors (Lipinski definition) is 2. The number of nitrogens with zero attached hydrogens (tertiary/aromatic N) is 1. The predicted octanol–water partition coefficient (Wildman–Crippen LogP) is 2.91. The van der Waals surface area contributed by atoms with E-state index in [0.29, 0.717) is 10.2 Å². The number of rotatable bonds is 2. The van der Waals surface area contributed by atoms with Crippen LogP contribution < -0.4 is 0 Å². The molecule has 0 amide bonds. The topological polar surface area (TPSA) is 70.4 Å². The summed E-state index contributed by atoms with van der Waals surface area (Å²) in [5, 5.41) is 18.0. The zero-order chi connectivity index (χ0) is 12.4. The monoisotopic (exact) mass is 293 g/mol. The Hall–Kier alpha value is -1.88. The third kappa shape index (κ3) is 2.45. The van der Waals surface area contributed by atoms with Gasteiger partial charge >= 0.3 is 5.97 Å². The smallest absolute Gasteiger partial charge is 0.337 e. The molecule has 0 atom stereocenters. The molecule has 0 saturated heterocycles. The lowest BCUT2D eigenvalue weighted by Gasteiger charge is -2.04. The lowest BCUT2D eigenvalue weighted by Crippen LogP contribution is -1.98. The normalized spacial score (nSPS) is 10.2. The summed E-state index contributed by atoms with van der Waals surface area (Å²) in [5.74, 6) is -0.845. The highest BCUT2D eigenvalue weighted by molar-refractivity contribution is 9.10. The molecule has 2 N–H and O–H groups in total. The molecule has 0 aliphatic rings. The van der Waals surface area contributed by atoms with Gasteiger partial charge in [0.2, 0.25) is 0 Å². The largest absolute Gasteiger partial charge is 0.508 e. The number of carbonyl (C=O) groups is 1. The van der Waals surface area contributed by atoms with Crippen LogP contribution in [0.1, 0.15) is 10.4 Å². The van der Waals surface area contributed by atoms with Crippen molar-refractivity contribution in [3.05, 3.63) is 46.6 Å². The SMILES string of the molecule is O=C(O)c1cnc(-c2ccc(O)cc2)c(Br)c1. The number of aromatic carboxylic acids is 1. The summed E-state index contributed by atoms with van der Waals surface area (Å²) in [4.78, 5) is 14.8. The second-order valence-corrected chi connectivity index (χ2v) is 4.26. The Morgan fingerprint density at radius 1 is 1.24 bits per heavy atom. The van der Waals surface area contributed by atoms with Gasteiger partial charge in [-0.3, -0.25) is 4.98 Å². The Labute approximate surface area is 106 Å². The van der Waals surface area contributed by atoms with Crippen molar-refractivity contribution in [2.75, 3.05) is 0 Å². The quantitative estimate of drug-likeness (QED) is 0.893. The minimum absolute atomic E-state index is 0.124. The number of halogens is 1. The number of aromatic hydroxyl groups is 1. The molecule has 1 aromatic carbocycles. The van der Waals surface area contributed by atoms with Gasteiger partial charge in [-0.1, -0.05) is 0 Å². The molecule has 0 saturated carbocycles. The third-order valence-electron chi connectivity index (χ3n) is 2.23. The Morgan fingerprint density at radius 2 is 1.88 bits per heavy atom. The maximum Gasteiger partial charge on any atom is 0.337 e. The van der Waals surface area contributed by atoms with E-state index < -0.39 is 5.97 Å². The second kappa shape index (κ2) is 4.55. The van der Waals surface area contributed by atoms with Gasteiger partial charge in [0.25, 0.3) is 0 Å². The standard InChI is InChI=1S/C12H8BrNO3/c13-10-5-8(12(16)17)6-14-11(10)7-1-3-9(15)4-2-7/h1-6,15H,(H,16,17). The number of benzene rings is 1. The van der Waals surface area contributed by atoms with Crippen molar-refractivity contribution >= 4 is 21.9 Å². The van der Waals surface area contributed by atoms with Crippen LogP contribution in [-0.2, 0) is 0 Å². The van der Waals surface area contributed by atoms with E-state index in [1.807, 2.05) is 0 Å². The molecule has 0 radical (unpaired) electrons. The van der Waals surface area contributed by atoms with Crippen molar-refractivity contribution in [1.29, 1.82) is 0 Å². The molecule has 5 heteroatoms. The molecule has 0 aliphatic carbocycles. The summed E-state index contributed by atoms with van der Waals surface area (Å²) in [6.07, 6.45) is 1.30. The molecule has 4 nitrogen and oxygen atoms in total. The van der Waals surface area contributed by atoms with E-state index in [1.54, 1.807) is 24.3 Å². The maximum absolute atomic E-state index is 10.8. The van der Waals surface area contributed by atoms with Gasteiger partial charge in [0.15, 0.2) is 0 Å². The molecular formula is C12H8BrNO3. The van der Waals surface area contributed by atoms with Crippen LogP contribution >= 0.6 is 15.9 Å². The summed E-state index contributed by atoms with van der Waals surface area (Å²) in [6.45, 7) is 0. The molecule has 0 spiro atoms. The van der Waals surface area contributed by atoms with E-state index in [2.05, 4.69) is 20.9 Å². The Bertz CT molecular complexity index is 566. The zero-order valence-electron chi connectivity index (χ0n) is 8.59. The second-order valence-electron chi connectivity index (χ2n) is 3.41. The van der Waals surface area contributed by atoms with Crippen LogP contribution in [0, 0.1) is 0 Å². The van der Waals surface area contributed by atoms with Gasteiger partial charge in [-0.05, 0) is 46.3 Å². The van der Waals surface area contributed by atoms with Gasteiger partial charge < -0.3 is 10.2 Å². The number of phenols is 1. The van der Waals surface area contributed by atoms with Crippen LogP contribution in [0.15, 0.2) is 41.0 Å². The highest BCUT2D eigenvalue weighted by Gasteiger charge is 2.09. The summed E-state index contributed by atoms with van der Waals surface area (Å²) in [6, 6.07) is 8.02. The summed E-state index contributed by atoms with van der Waals surface area (Å²) >= 11 is 3.28. The zero-order valence-corrected chi connectivity index (χ0v) is 10.2. The van der Waals surface area contributed by atoms with Crippen molar-refractivity contribution in [3.8, 4) is 17.0 Å². The van der Waals surface area contributed by atoms with E-state index in [4.69, 9.17) is 5.11 Å². The summed E-state index contributed by atoms with van der Waals surface area (Å²) < 4.78 is 0.600.